The number of esters is 1. The summed E-state index contributed by atoms with van der Waals surface area (Å²) in [6, 6.07) is 0. The summed E-state index contributed by atoms with van der Waals surface area (Å²) in [6.45, 7) is 4.72. The molecule has 0 amide bonds. The first-order valence-electron chi connectivity index (χ1n) is 8.85. The highest BCUT2D eigenvalue weighted by atomic mass is 32.2. The molecule has 3 heterocycles. The van der Waals surface area contributed by atoms with E-state index in [9.17, 15) is 14.9 Å². The summed E-state index contributed by atoms with van der Waals surface area (Å²) in [6.07, 6.45) is 2.61. The number of anilines is 2. The zero-order valence-corrected chi connectivity index (χ0v) is 15.6. The highest BCUT2D eigenvalue weighted by Gasteiger charge is 2.34. The molecule has 10 heteroatoms. The maximum Gasteiger partial charge on any atom is 0.353 e. The van der Waals surface area contributed by atoms with E-state index in [0.717, 1.165) is 24.6 Å². The fraction of sp³-hybridized carbons (Fsp3) is 0.688. The normalized spacial score (nSPS) is 18.7. The average molecular weight is 381 g/mol. The standard InChI is InChI=1S/C16H23N5O4S/c1-2-25-16(22)12-3-5-19(6-4-12)14-13(21(23)24)15(18-11-17-14)20-7-9-26-10-8-20/h11-12H,2-10H2,1H3. The second kappa shape index (κ2) is 8.52. The molecule has 2 aliphatic heterocycles. The smallest absolute Gasteiger partial charge is 0.353 e. The van der Waals surface area contributed by atoms with Crippen molar-refractivity contribution in [1.82, 2.24) is 9.97 Å². The molecular weight excluding hydrogens is 358 g/mol. The summed E-state index contributed by atoms with van der Waals surface area (Å²) >= 11 is 1.84. The molecule has 0 unspecified atom stereocenters. The fourth-order valence-corrected chi connectivity index (χ4v) is 4.25. The Hall–Kier alpha value is -2.10. The number of nitrogens with zero attached hydrogens (tertiary/aromatic N) is 5. The third kappa shape index (κ3) is 4.00. The lowest BCUT2D eigenvalue weighted by Crippen LogP contribution is -2.38. The molecule has 9 nitrogen and oxygen atoms in total. The molecule has 0 aromatic carbocycles. The predicted octanol–water partition coefficient (Wildman–Crippen LogP) is 1.72. The molecule has 26 heavy (non-hydrogen) atoms. The Morgan fingerprint density at radius 2 is 1.81 bits per heavy atom. The van der Waals surface area contributed by atoms with Gasteiger partial charge in [-0.25, -0.2) is 9.97 Å². The number of ether oxygens (including phenoxy) is 1. The topological polar surface area (TPSA) is 102 Å². The minimum atomic E-state index is -0.385. The van der Waals surface area contributed by atoms with Crippen molar-refractivity contribution < 1.29 is 14.5 Å². The van der Waals surface area contributed by atoms with Crippen LogP contribution in [-0.2, 0) is 9.53 Å². The van der Waals surface area contributed by atoms with Crippen molar-refractivity contribution in [2.45, 2.75) is 19.8 Å². The molecule has 142 valence electrons. The Kier molecular flexibility index (Phi) is 6.12. The molecule has 2 aliphatic rings. The molecule has 0 N–H and O–H groups in total. The van der Waals surface area contributed by atoms with Crippen LogP contribution in [0.2, 0.25) is 0 Å². The molecule has 1 aromatic rings. The van der Waals surface area contributed by atoms with Crippen LogP contribution in [0.3, 0.4) is 0 Å². The van der Waals surface area contributed by atoms with Crippen molar-refractivity contribution in [3.63, 3.8) is 0 Å². The summed E-state index contributed by atoms with van der Waals surface area (Å²) in [4.78, 5) is 35.6. The van der Waals surface area contributed by atoms with Gasteiger partial charge in [0.2, 0.25) is 11.6 Å². The molecule has 0 aliphatic carbocycles. The summed E-state index contributed by atoms with van der Waals surface area (Å²) in [5.41, 5.74) is -0.0333. The Bertz CT molecular complexity index is 660. The molecule has 0 bridgehead atoms. The second-order valence-corrected chi connectivity index (χ2v) is 7.46. The largest absolute Gasteiger partial charge is 0.466 e. The van der Waals surface area contributed by atoms with Gasteiger partial charge in [-0.3, -0.25) is 14.9 Å². The number of carbonyl (C=O) groups excluding carboxylic acids is 1. The van der Waals surface area contributed by atoms with Gasteiger partial charge in [0.25, 0.3) is 0 Å². The minimum Gasteiger partial charge on any atom is -0.466 e. The average Bonchev–Trinajstić information content (AvgIpc) is 2.68. The fourth-order valence-electron chi connectivity index (χ4n) is 3.35. The number of aromatic nitrogens is 2. The van der Waals surface area contributed by atoms with Crippen molar-refractivity contribution in [1.29, 1.82) is 0 Å². The highest BCUT2D eigenvalue weighted by Crippen LogP contribution is 2.36. The van der Waals surface area contributed by atoms with E-state index >= 15 is 0 Å². The van der Waals surface area contributed by atoms with E-state index in [4.69, 9.17) is 4.74 Å². The van der Waals surface area contributed by atoms with Gasteiger partial charge in [0.15, 0.2) is 0 Å². The van der Waals surface area contributed by atoms with Crippen LogP contribution in [-0.4, -0.2) is 65.2 Å². The number of thioether (sulfide) groups is 1. The number of hydrogen-bond acceptors (Lipinski definition) is 9. The first kappa shape index (κ1) is 18.7. The van der Waals surface area contributed by atoms with Gasteiger partial charge in [-0.1, -0.05) is 0 Å². The van der Waals surface area contributed by atoms with Gasteiger partial charge >= 0.3 is 11.7 Å². The number of rotatable bonds is 5. The lowest BCUT2D eigenvalue weighted by atomic mass is 9.97. The zero-order valence-electron chi connectivity index (χ0n) is 14.8. The summed E-state index contributed by atoms with van der Waals surface area (Å²) < 4.78 is 5.08. The van der Waals surface area contributed by atoms with Crippen LogP contribution in [0.1, 0.15) is 19.8 Å². The minimum absolute atomic E-state index is 0.0333. The molecule has 2 saturated heterocycles. The lowest BCUT2D eigenvalue weighted by Gasteiger charge is -2.32. The van der Waals surface area contributed by atoms with Gasteiger partial charge < -0.3 is 14.5 Å². The zero-order chi connectivity index (χ0) is 18.5. The van der Waals surface area contributed by atoms with Crippen LogP contribution in [0.5, 0.6) is 0 Å². The van der Waals surface area contributed by atoms with Gasteiger partial charge in [0.05, 0.1) is 17.4 Å². The number of carbonyl (C=O) groups is 1. The summed E-state index contributed by atoms with van der Waals surface area (Å²) in [5, 5.41) is 11.8. The van der Waals surface area contributed by atoms with Crippen molar-refractivity contribution in [2.75, 3.05) is 54.1 Å². The predicted molar refractivity (Wildman–Crippen MR) is 99.8 cm³/mol. The number of piperidine rings is 1. The Morgan fingerprint density at radius 3 is 2.35 bits per heavy atom. The SMILES string of the molecule is CCOC(=O)C1CCN(c2ncnc(N3CCSCC3)c2[N+](=O)[O-])CC1. The molecule has 2 fully saturated rings. The lowest BCUT2D eigenvalue weighted by molar-refractivity contribution is -0.383. The van der Waals surface area contributed by atoms with Crippen LogP contribution in [0, 0.1) is 16.0 Å². The first-order valence-corrected chi connectivity index (χ1v) is 10.0. The Labute approximate surface area is 156 Å². The van der Waals surface area contributed by atoms with E-state index in [-0.39, 0.29) is 22.5 Å². The summed E-state index contributed by atoms with van der Waals surface area (Å²) in [7, 11) is 0. The van der Waals surface area contributed by atoms with Crippen LogP contribution in [0.4, 0.5) is 17.3 Å². The second-order valence-electron chi connectivity index (χ2n) is 6.24. The first-order chi connectivity index (χ1) is 12.6. The highest BCUT2D eigenvalue weighted by molar-refractivity contribution is 7.99. The third-order valence-electron chi connectivity index (χ3n) is 4.69. The molecule has 0 saturated carbocycles. The van der Waals surface area contributed by atoms with Gasteiger partial charge in [0.1, 0.15) is 6.33 Å². The molecular formula is C16H23N5O4S. The van der Waals surface area contributed by atoms with Gasteiger partial charge in [-0.05, 0) is 19.8 Å². The van der Waals surface area contributed by atoms with E-state index in [0.29, 0.717) is 44.2 Å². The van der Waals surface area contributed by atoms with Gasteiger partial charge in [-0.15, -0.1) is 0 Å². The Morgan fingerprint density at radius 1 is 1.23 bits per heavy atom. The molecule has 0 atom stereocenters. The molecule has 3 rings (SSSR count). The molecule has 0 radical (unpaired) electrons. The number of hydrogen-bond donors (Lipinski definition) is 0. The molecule has 1 aromatic heterocycles. The quantitative estimate of drug-likeness (QED) is 0.428. The van der Waals surface area contributed by atoms with Crippen LogP contribution >= 0.6 is 11.8 Å². The summed E-state index contributed by atoms with van der Waals surface area (Å²) in [5.74, 6) is 2.28. The van der Waals surface area contributed by atoms with Crippen molar-refractivity contribution in [3.8, 4) is 0 Å². The maximum absolute atomic E-state index is 11.9. The monoisotopic (exact) mass is 381 g/mol. The van der Waals surface area contributed by atoms with E-state index in [1.807, 2.05) is 21.6 Å². The van der Waals surface area contributed by atoms with E-state index in [1.165, 1.54) is 6.33 Å². The van der Waals surface area contributed by atoms with Crippen LogP contribution in [0.25, 0.3) is 0 Å². The molecule has 0 spiro atoms. The van der Waals surface area contributed by atoms with Crippen molar-refractivity contribution in [3.05, 3.63) is 16.4 Å². The van der Waals surface area contributed by atoms with Crippen molar-refractivity contribution >= 4 is 35.1 Å². The maximum atomic E-state index is 11.9. The van der Waals surface area contributed by atoms with Crippen LogP contribution < -0.4 is 9.80 Å². The van der Waals surface area contributed by atoms with Gasteiger partial charge in [-0.2, -0.15) is 11.8 Å². The van der Waals surface area contributed by atoms with E-state index < -0.39 is 0 Å². The van der Waals surface area contributed by atoms with E-state index in [2.05, 4.69) is 9.97 Å². The van der Waals surface area contributed by atoms with Crippen LogP contribution in [0.15, 0.2) is 6.33 Å². The van der Waals surface area contributed by atoms with E-state index in [1.54, 1.807) is 6.92 Å². The van der Waals surface area contributed by atoms with Crippen molar-refractivity contribution in [2.24, 2.45) is 5.92 Å². The number of nitro groups is 1. The third-order valence-corrected chi connectivity index (χ3v) is 5.63. The Balaban J connectivity index is 1.80. The van der Waals surface area contributed by atoms with Gasteiger partial charge in [0, 0.05) is 37.7 Å².